The summed E-state index contributed by atoms with van der Waals surface area (Å²) in [6.07, 6.45) is 3.64. The molecule has 0 aromatic heterocycles. The van der Waals surface area contributed by atoms with Crippen LogP contribution in [0.4, 0.5) is 10.1 Å². The van der Waals surface area contributed by atoms with Crippen molar-refractivity contribution in [3.63, 3.8) is 0 Å². The van der Waals surface area contributed by atoms with Crippen LogP contribution in [0, 0.1) is 12.7 Å². The maximum absolute atomic E-state index is 13.6. The number of aryl methyl sites for hydroxylation is 3. The molecule has 1 nitrogen and oxygen atoms in total. The zero-order chi connectivity index (χ0) is 14.1. The standard InChI is InChI=1S/C18H20FN/c1-12-6-7-15(11-18(12)19)13(2)20-17-9-8-14-4-3-5-16(14)10-17/h6-11,13,20H,3-5H2,1-2H3. The summed E-state index contributed by atoms with van der Waals surface area (Å²) in [5.74, 6) is -0.134. The number of hydrogen-bond donors (Lipinski definition) is 1. The van der Waals surface area contributed by atoms with Crippen molar-refractivity contribution < 1.29 is 4.39 Å². The van der Waals surface area contributed by atoms with E-state index in [4.69, 9.17) is 0 Å². The SMILES string of the molecule is Cc1ccc(C(C)Nc2ccc3c(c2)CCC3)cc1F. The highest BCUT2D eigenvalue weighted by molar-refractivity contribution is 5.51. The van der Waals surface area contributed by atoms with Crippen LogP contribution in [0.2, 0.25) is 0 Å². The van der Waals surface area contributed by atoms with E-state index < -0.39 is 0 Å². The summed E-state index contributed by atoms with van der Waals surface area (Å²) in [4.78, 5) is 0. The van der Waals surface area contributed by atoms with Gasteiger partial charge in [-0.25, -0.2) is 4.39 Å². The number of rotatable bonds is 3. The second-order valence-corrected chi connectivity index (χ2v) is 5.71. The van der Waals surface area contributed by atoms with Gasteiger partial charge in [0.2, 0.25) is 0 Å². The van der Waals surface area contributed by atoms with E-state index in [0.717, 1.165) is 11.3 Å². The molecule has 0 heterocycles. The predicted octanol–water partition coefficient (Wildman–Crippen LogP) is 4.80. The minimum absolute atomic E-state index is 0.101. The Hall–Kier alpha value is -1.83. The van der Waals surface area contributed by atoms with Gasteiger partial charge in [-0.2, -0.15) is 0 Å². The molecule has 0 radical (unpaired) electrons. The van der Waals surface area contributed by atoms with Crippen LogP contribution >= 0.6 is 0 Å². The van der Waals surface area contributed by atoms with E-state index >= 15 is 0 Å². The van der Waals surface area contributed by atoms with Crippen LogP contribution in [0.1, 0.15) is 41.6 Å². The van der Waals surface area contributed by atoms with Crippen LogP contribution in [0.5, 0.6) is 0 Å². The Labute approximate surface area is 119 Å². The van der Waals surface area contributed by atoms with Gasteiger partial charge < -0.3 is 5.32 Å². The number of hydrogen-bond acceptors (Lipinski definition) is 1. The monoisotopic (exact) mass is 269 g/mol. The van der Waals surface area contributed by atoms with Crippen molar-refractivity contribution in [1.29, 1.82) is 0 Å². The van der Waals surface area contributed by atoms with E-state index in [0.29, 0.717) is 5.56 Å². The molecule has 0 saturated carbocycles. The minimum atomic E-state index is -0.134. The van der Waals surface area contributed by atoms with Crippen LogP contribution in [-0.4, -0.2) is 0 Å². The normalized spacial score (nSPS) is 14.9. The third-order valence-corrected chi connectivity index (χ3v) is 4.18. The van der Waals surface area contributed by atoms with Crippen LogP contribution in [0.15, 0.2) is 36.4 Å². The van der Waals surface area contributed by atoms with E-state index in [9.17, 15) is 4.39 Å². The second kappa shape index (κ2) is 5.28. The fourth-order valence-corrected chi connectivity index (χ4v) is 2.87. The van der Waals surface area contributed by atoms with Crippen molar-refractivity contribution in [3.05, 3.63) is 64.5 Å². The lowest BCUT2D eigenvalue weighted by atomic mass is 10.0. The highest BCUT2D eigenvalue weighted by atomic mass is 19.1. The van der Waals surface area contributed by atoms with Gasteiger partial charge in [0, 0.05) is 11.7 Å². The largest absolute Gasteiger partial charge is 0.379 e. The fraction of sp³-hybridized carbons (Fsp3) is 0.333. The molecule has 0 amide bonds. The van der Waals surface area contributed by atoms with Gasteiger partial charge in [0.15, 0.2) is 0 Å². The molecule has 0 bridgehead atoms. The molecule has 2 aromatic carbocycles. The Morgan fingerprint density at radius 2 is 1.85 bits per heavy atom. The lowest BCUT2D eigenvalue weighted by Gasteiger charge is -2.17. The first kappa shape index (κ1) is 13.2. The molecule has 1 unspecified atom stereocenters. The summed E-state index contributed by atoms with van der Waals surface area (Å²) in [7, 11) is 0. The molecular weight excluding hydrogens is 249 g/mol. The Morgan fingerprint density at radius 1 is 1.05 bits per heavy atom. The van der Waals surface area contributed by atoms with Crippen LogP contribution in [-0.2, 0) is 12.8 Å². The summed E-state index contributed by atoms with van der Waals surface area (Å²) in [6.45, 7) is 3.86. The van der Waals surface area contributed by atoms with Crippen molar-refractivity contribution in [2.24, 2.45) is 0 Å². The van der Waals surface area contributed by atoms with Crippen molar-refractivity contribution in [2.75, 3.05) is 5.32 Å². The molecule has 1 atom stereocenters. The molecule has 0 fully saturated rings. The Balaban J connectivity index is 1.78. The molecule has 104 valence electrons. The van der Waals surface area contributed by atoms with Gasteiger partial charge in [0.1, 0.15) is 5.82 Å². The first-order valence-corrected chi connectivity index (χ1v) is 7.28. The molecule has 2 heteroatoms. The van der Waals surface area contributed by atoms with Gasteiger partial charge in [0.05, 0.1) is 0 Å². The average molecular weight is 269 g/mol. The van der Waals surface area contributed by atoms with Crippen molar-refractivity contribution >= 4 is 5.69 Å². The number of nitrogens with one attached hydrogen (secondary N) is 1. The van der Waals surface area contributed by atoms with Gasteiger partial charge in [-0.15, -0.1) is 0 Å². The Bertz CT molecular complexity index is 633. The van der Waals surface area contributed by atoms with Gasteiger partial charge in [-0.3, -0.25) is 0 Å². The average Bonchev–Trinajstić information content (AvgIpc) is 2.89. The van der Waals surface area contributed by atoms with Gasteiger partial charge in [-0.1, -0.05) is 18.2 Å². The van der Waals surface area contributed by atoms with Crippen LogP contribution < -0.4 is 5.32 Å². The maximum Gasteiger partial charge on any atom is 0.126 e. The summed E-state index contributed by atoms with van der Waals surface area (Å²) in [6, 6.07) is 12.1. The summed E-state index contributed by atoms with van der Waals surface area (Å²) in [5, 5.41) is 3.47. The zero-order valence-electron chi connectivity index (χ0n) is 12.0. The van der Waals surface area contributed by atoms with E-state index in [1.54, 1.807) is 13.0 Å². The van der Waals surface area contributed by atoms with Crippen LogP contribution in [0.25, 0.3) is 0 Å². The molecule has 2 aromatic rings. The molecule has 20 heavy (non-hydrogen) atoms. The smallest absolute Gasteiger partial charge is 0.126 e. The lowest BCUT2D eigenvalue weighted by molar-refractivity contribution is 0.614. The number of halogens is 1. The second-order valence-electron chi connectivity index (χ2n) is 5.71. The third kappa shape index (κ3) is 2.55. The van der Waals surface area contributed by atoms with E-state index in [1.807, 2.05) is 12.1 Å². The van der Waals surface area contributed by atoms with Crippen molar-refractivity contribution in [3.8, 4) is 0 Å². The highest BCUT2D eigenvalue weighted by Gasteiger charge is 2.12. The molecule has 0 spiro atoms. The van der Waals surface area contributed by atoms with E-state index in [2.05, 4.69) is 30.4 Å². The summed E-state index contributed by atoms with van der Waals surface area (Å²) >= 11 is 0. The summed E-state index contributed by atoms with van der Waals surface area (Å²) < 4.78 is 13.6. The van der Waals surface area contributed by atoms with Crippen molar-refractivity contribution in [1.82, 2.24) is 0 Å². The molecule has 3 rings (SSSR count). The Kier molecular flexibility index (Phi) is 3.47. The van der Waals surface area contributed by atoms with Gasteiger partial charge >= 0.3 is 0 Å². The van der Waals surface area contributed by atoms with E-state index in [-0.39, 0.29) is 11.9 Å². The molecule has 1 N–H and O–H groups in total. The van der Waals surface area contributed by atoms with Gasteiger partial charge in [-0.05, 0) is 73.6 Å². The molecule has 0 aliphatic heterocycles. The van der Waals surface area contributed by atoms with Crippen LogP contribution in [0.3, 0.4) is 0 Å². The number of benzene rings is 2. The molecule has 1 aliphatic carbocycles. The fourth-order valence-electron chi connectivity index (χ4n) is 2.87. The maximum atomic E-state index is 13.6. The van der Waals surface area contributed by atoms with Crippen molar-refractivity contribution in [2.45, 2.75) is 39.2 Å². The topological polar surface area (TPSA) is 12.0 Å². The summed E-state index contributed by atoms with van der Waals surface area (Å²) in [5.41, 5.74) is 5.73. The molecule has 1 aliphatic rings. The first-order valence-electron chi connectivity index (χ1n) is 7.28. The quantitative estimate of drug-likeness (QED) is 0.844. The third-order valence-electron chi connectivity index (χ3n) is 4.18. The van der Waals surface area contributed by atoms with E-state index in [1.165, 1.54) is 30.4 Å². The lowest BCUT2D eigenvalue weighted by Crippen LogP contribution is -2.07. The zero-order valence-corrected chi connectivity index (χ0v) is 12.0. The highest BCUT2D eigenvalue weighted by Crippen LogP contribution is 2.27. The van der Waals surface area contributed by atoms with Gasteiger partial charge in [0.25, 0.3) is 0 Å². The molecule has 0 saturated heterocycles. The minimum Gasteiger partial charge on any atom is -0.379 e. The number of anilines is 1. The molecular formula is C18H20FN. The first-order chi connectivity index (χ1) is 9.63. The predicted molar refractivity (Wildman–Crippen MR) is 81.6 cm³/mol. The Morgan fingerprint density at radius 3 is 2.65 bits per heavy atom. The number of fused-ring (bicyclic) bond motifs is 1.